The van der Waals surface area contributed by atoms with Crippen molar-refractivity contribution in [1.82, 2.24) is 5.32 Å². The Morgan fingerprint density at radius 2 is 1.43 bits per heavy atom. The molecule has 0 radical (unpaired) electrons. The number of hydrogen-bond acceptors (Lipinski definition) is 2. The zero-order chi connectivity index (χ0) is 16.8. The van der Waals surface area contributed by atoms with Gasteiger partial charge in [-0.1, -0.05) is 35.3 Å². The van der Waals surface area contributed by atoms with Gasteiger partial charge < -0.3 is 5.32 Å². The number of nitrogens with one attached hydrogen (secondary N) is 1. The highest BCUT2D eigenvalue weighted by Gasteiger charge is 2.12. The zero-order valence-corrected chi connectivity index (χ0v) is 14.2. The van der Waals surface area contributed by atoms with Gasteiger partial charge in [0.2, 0.25) is 5.91 Å². The van der Waals surface area contributed by atoms with Crippen molar-refractivity contribution in [2.45, 2.75) is 25.8 Å². The van der Waals surface area contributed by atoms with Crippen molar-refractivity contribution in [2.75, 3.05) is 0 Å². The molecular weight excluding hydrogens is 333 g/mol. The molecule has 1 unspecified atom stereocenters. The second-order valence-electron chi connectivity index (χ2n) is 5.27. The van der Waals surface area contributed by atoms with Gasteiger partial charge in [-0.2, -0.15) is 0 Å². The quantitative estimate of drug-likeness (QED) is 0.758. The Morgan fingerprint density at radius 3 is 2.00 bits per heavy atom. The predicted octanol–water partition coefficient (Wildman–Crippen LogP) is 4.83. The molecule has 0 aliphatic rings. The summed E-state index contributed by atoms with van der Waals surface area (Å²) < 4.78 is 0. The molecule has 0 spiro atoms. The summed E-state index contributed by atoms with van der Waals surface area (Å²) in [5, 5.41) is 4.11. The van der Waals surface area contributed by atoms with Crippen LogP contribution in [0.3, 0.4) is 0 Å². The summed E-state index contributed by atoms with van der Waals surface area (Å²) in [4.78, 5) is 24.0. The topological polar surface area (TPSA) is 46.2 Å². The van der Waals surface area contributed by atoms with Gasteiger partial charge in [-0.05, 0) is 48.9 Å². The molecule has 2 aromatic rings. The van der Waals surface area contributed by atoms with Crippen molar-refractivity contribution in [3.63, 3.8) is 0 Å². The SMILES string of the molecule is CC(NC(=O)CCC(=O)c1ccc(Cl)cc1)c1ccc(Cl)cc1. The fraction of sp³-hybridized carbons (Fsp3) is 0.222. The summed E-state index contributed by atoms with van der Waals surface area (Å²) in [7, 11) is 0. The van der Waals surface area contributed by atoms with Gasteiger partial charge >= 0.3 is 0 Å². The standard InChI is InChI=1S/C18H17Cl2NO2/c1-12(13-2-6-15(19)7-3-13)21-18(23)11-10-17(22)14-4-8-16(20)9-5-14/h2-9,12H,10-11H2,1H3,(H,21,23). The largest absolute Gasteiger partial charge is 0.350 e. The number of carbonyl (C=O) groups excluding carboxylic acids is 2. The summed E-state index contributed by atoms with van der Waals surface area (Å²) in [5.74, 6) is -0.231. The molecule has 3 nitrogen and oxygen atoms in total. The smallest absolute Gasteiger partial charge is 0.220 e. The Bertz CT molecular complexity index is 681. The van der Waals surface area contributed by atoms with Gasteiger partial charge in [0.15, 0.2) is 5.78 Å². The van der Waals surface area contributed by atoms with E-state index in [1.807, 2.05) is 19.1 Å². The van der Waals surface area contributed by atoms with Crippen LogP contribution in [-0.4, -0.2) is 11.7 Å². The number of benzene rings is 2. The van der Waals surface area contributed by atoms with Crippen LogP contribution < -0.4 is 5.32 Å². The highest BCUT2D eigenvalue weighted by molar-refractivity contribution is 6.30. The minimum absolute atomic E-state index is 0.0732. The van der Waals surface area contributed by atoms with E-state index >= 15 is 0 Å². The molecule has 0 aliphatic heterocycles. The van der Waals surface area contributed by atoms with Gasteiger partial charge in [0.05, 0.1) is 6.04 Å². The van der Waals surface area contributed by atoms with E-state index in [-0.39, 0.29) is 30.6 Å². The monoisotopic (exact) mass is 349 g/mol. The molecule has 1 N–H and O–H groups in total. The van der Waals surface area contributed by atoms with Crippen LogP contribution in [0, 0.1) is 0 Å². The maximum absolute atomic E-state index is 12.0. The van der Waals surface area contributed by atoms with Crippen molar-refractivity contribution in [1.29, 1.82) is 0 Å². The molecular formula is C18H17Cl2NO2. The van der Waals surface area contributed by atoms with Crippen LogP contribution in [0.5, 0.6) is 0 Å². The third-order valence-corrected chi connectivity index (χ3v) is 4.00. The van der Waals surface area contributed by atoms with Gasteiger partial charge in [-0.25, -0.2) is 0 Å². The van der Waals surface area contributed by atoms with Crippen molar-refractivity contribution in [3.05, 3.63) is 69.7 Å². The number of ketones is 1. The molecule has 0 aromatic heterocycles. The number of hydrogen-bond donors (Lipinski definition) is 1. The maximum atomic E-state index is 12.0. The van der Waals surface area contributed by atoms with Crippen LogP contribution in [0.1, 0.15) is 41.7 Å². The number of carbonyl (C=O) groups is 2. The van der Waals surface area contributed by atoms with Crippen LogP contribution in [0.4, 0.5) is 0 Å². The molecule has 0 heterocycles. The van der Waals surface area contributed by atoms with E-state index in [9.17, 15) is 9.59 Å². The van der Waals surface area contributed by atoms with Crippen LogP contribution >= 0.6 is 23.2 Å². The first-order valence-electron chi connectivity index (χ1n) is 7.29. The molecule has 0 fully saturated rings. The highest BCUT2D eigenvalue weighted by atomic mass is 35.5. The van der Waals surface area contributed by atoms with E-state index in [1.54, 1.807) is 36.4 Å². The van der Waals surface area contributed by atoms with E-state index < -0.39 is 0 Å². The molecule has 0 saturated carbocycles. The first-order valence-corrected chi connectivity index (χ1v) is 8.05. The fourth-order valence-electron chi connectivity index (χ4n) is 2.16. The minimum Gasteiger partial charge on any atom is -0.350 e. The van der Waals surface area contributed by atoms with Gasteiger partial charge in [0, 0.05) is 28.5 Å². The zero-order valence-electron chi connectivity index (χ0n) is 12.7. The average molecular weight is 350 g/mol. The van der Waals surface area contributed by atoms with Crippen LogP contribution in [0.2, 0.25) is 10.0 Å². The van der Waals surface area contributed by atoms with E-state index in [0.717, 1.165) is 5.56 Å². The summed E-state index contributed by atoms with van der Waals surface area (Å²) in [6, 6.07) is 13.8. The molecule has 0 bridgehead atoms. The number of amides is 1. The van der Waals surface area contributed by atoms with Gasteiger partial charge in [0.1, 0.15) is 0 Å². The second-order valence-corrected chi connectivity index (χ2v) is 6.14. The lowest BCUT2D eigenvalue weighted by molar-refractivity contribution is -0.121. The van der Waals surface area contributed by atoms with Gasteiger partial charge in [0.25, 0.3) is 0 Å². The first-order chi connectivity index (χ1) is 11.0. The van der Waals surface area contributed by atoms with Crippen LogP contribution in [0.15, 0.2) is 48.5 Å². The Labute approximate surface area is 145 Å². The molecule has 2 aromatic carbocycles. The third-order valence-electron chi connectivity index (χ3n) is 3.49. The molecule has 0 aliphatic carbocycles. The molecule has 5 heteroatoms. The van der Waals surface area contributed by atoms with Crippen molar-refractivity contribution in [2.24, 2.45) is 0 Å². The summed E-state index contributed by atoms with van der Waals surface area (Å²) in [6.45, 7) is 1.89. The summed E-state index contributed by atoms with van der Waals surface area (Å²) in [5.41, 5.74) is 1.53. The van der Waals surface area contributed by atoms with Crippen LogP contribution in [-0.2, 0) is 4.79 Å². The minimum atomic E-state index is -0.158. The van der Waals surface area contributed by atoms with Crippen molar-refractivity contribution < 1.29 is 9.59 Å². The maximum Gasteiger partial charge on any atom is 0.220 e. The van der Waals surface area contributed by atoms with Crippen molar-refractivity contribution >= 4 is 34.9 Å². The van der Waals surface area contributed by atoms with Gasteiger partial charge in [-0.15, -0.1) is 0 Å². The van der Waals surface area contributed by atoms with E-state index in [1.165, 1.54) is 0 Å². The highest BCUT2D eigenvalue weighted by Crippen LogP contribution is 2.16. The number of rotatable bonds is 6. The molecule has 1 atom stereocenters. The van der Waals surface area contributed by atoms with E-state index in [4.69, 9.17) is 23.2 Å². The molecule has 2 rings (SSSR count). The Morgan fingerprint density at radius 1 is 0.913 bits per heavy atom. The normalized spacial score (nSPS) is 11.8. The predicted molar refractivity (Wildman–Crippen MR) is 93.0 cm³/mol. The van der Waals surface area contributed by atoms with Crippen molar-refractivity contribution in [3.8, 4) is 0 Å². The second kappa shape index (κ2) is 8.14. The van der Waals surface area contributed by atoms with Crippen LogP contribution in [0.25, 0.3) is 0 Å². The lowest BCUT2D eigenvalue weighted by atomic mass is 10.1. The Balaban J connectivity index is 1.83. The van der Waals surface area contributed by atoms with Gasteiger partial charge in [-0.3, -0.25) is 9.59 Å². The first kappa shape index (κ1) is 17.5. The van der Waals surface area contributed by atoms with E-state index in [2.05, 4.69) is 5.32 Å². The lowest BCUT2D eigenvalue weighted by Gasteiger charge is -2.14. The third kappa shape index (κ3) is 5.38. The summed E-state index contributed by atoms with van der Waals surface area (Å²) in [6.07, 6.45) is 0.320. The number of halogens is 2. The molecule has 0 saturated heterocycles. The lowest BCUT2D eigenvalue weighted by Crippen LogP contribution is -2.26. The van der Waals surface area contributed by atoms with E-state index in [0.29, 0.717) is 15.6 Å². The Kier molecular flexibility index (Phi) is 6.20. The molecule has 1 amide bonds. The summed E-state index contributed by atoms with van der Waals surface area (Å²) >= 11 is 11.6. The molecule has 23 heavy (non-hydrogen) atoms. The fourth-order valence-corrected chi connectivity index (χ4v) is 2.41. The average Bonchev–Trinajstić information content (AvgIpc) is 2.54. The number of Topliss-reactive ketones (excluding diaryl/α,β-unsaturated/α-hetero) is 1. The molecule has 120 valence electrons. The Hall–Kier alpha value is -1.84.